The number of nitriles is 1. The molecule has 1 unspecified atom stereocenters. The molecule has 1 aromatic carbocycles. The molecule has 1 fully saturated rings. The van der Waals surface area contributed by atoms with E-state index in [4.69, 9.17) is 16.3 Å². The Morgan fingerprint density at radius 3 is 3.05 bits per heavy atom. The maximum atomic E-state index is 11.5. The lowest BCUT2D eigenvalue weighted by molar-refractivity contribution is -0.141. The van der Waals surface area contributed by atoms with E-state index < -0.39 is 0 Å². The molecule has 0 saturated carbocycles. The van der Waals surface area contributed by atoms with Crippen LogP contribution in [0.3, 0.4) is 0 Å². The molecule has 1 aliphatic rings. The van der Waals surface area contributed by atoms with Gasteiger partial charge in [-0.15, -0.1) is 0 Å². The standard InChI is InChI=1S/C15H17ClN2O2/c1-20-15(19)9-11-5-2-3-8-18(11)14-7-4-6-13(16)12(14)10-17/h4,6-7,11H,2-3,5,8-9H2,1H3. The van der Waals surface area contributed by atoms with Crippen LogP contribution in [0, 0.1) is 11.3 Å². The largest absolute Gasteiger partial charge is 0.469 e. The second-order valence-electron chi connectivity index (χ2n) is 4.87. The molecule has 20 heavy (non-hydrogen) atoms. The van der Waals surface area contributed by atoms with Crippen LogP contribution in [-0.4, -0.2) is 25.7 Å². The minimum absolute atomic E-state index is 0.0711. The molecule has 1 aliphatic heterocycles. The van der Waals surface area contributed by atoms with Crippen LogP contribution in [0.15, 0.2) is 18.2 Å². The summed E-state index contributed by atoms with van der Waals surface area (Å²) in [4.78, 5) is 13.7. The molecule has 0 radical (unpaired) electrons. The molecular formula is C15H17ClN2O2. The fraction of sp³-hybridized carbons (Fsp3) is 0.467. The second kappa shape index (κ2) is 6.62. The van der Waals surface area contributed by atoms with Crippen LogP contribution in [0.25, 0.3) is 0 Å². The van der Waals surface area contributed by atoms with Gasteiger partial charge in [-0.1, -0.05) is 17.7 Å². The third kappa shape index (κ3) is 3.05. The number of nitrogens with zero attached hydrogens (tertiary/aromatic N) is 2. The maximum absolute atomic E-state index is 11.5. The lowest BCUT2D eigenvalue weighted by Crippen LogP contribution is -2.41. The number of anilines is 1. The van der Waals surface area contributed by atoms with Crippen LogP contribution in [0.2, 0.25) is 5.02 Å². The summed E-state index contributed by atoms with van der Waals surface area (Å²) in [6.07, 6.45) is 3.40. The van der Waals surface area contributed by atoms with Crippen LogP contribution in [-0.2, 0) is 9.53 Å². The molecule has 0 N–H and O–H groups in total. The predicted molar refractivity (Wildman–Crippen MR) is 77.8 cm³/mol. The average Bonchev–Trinajstić information content (AvgIpc) is 2.47. The predicted octanol–water partition coefficient (Wildman–Crippen LogP) is 3.13. The van der Waals surface area contributed by atoms with E-state index in [1.54, 1.807) is 6.07 Å². The second-order valence-corrected chi connectivity index (χ2v) is 5.28. The number of hydrogen-bond acceptors (Lipinski definition) is 4. The summed E-state index contributed by atoms with van der Waals surface area (Å²) in [5.74, 6) is -0.220. The van der Waals surface area contributed by atoms with Gasteiger partial charge < -0.3 is 9.64 Å². The average molecular weight is 293 g/mol. The maximum Gasteiger partial charge on any atom is 0.307 e. The van der Waals surface area contributed by atoms with Gasteiger partial charge in [0.25, 0.3) is 0 Å². The third-order valence-corrected chi connectivity index (χ3v) is 3.98. The minimum Gasteiger partial charge on any atom is -0.469 e. The van der Waals surface area contributed by atoms with E-state index in [0.717, 1.165) is 31.5 Å². The summed E-state index contributed by atoms with van der Waals surface area (Å²) in [5, 5.41) is 9.74. The van der Waals surface area contributed by atoms with Crippen molar-refractivity contribution in [3.8, 4) is 6.07 Å². The van der Waals surface area contributed by atoms with Gasteiger partial charge in [-0.2, -0.15) is 5.26 Å². The van der Waals surface area contributed by atoms with Crippen molar-refractivity contribution >= 4 is 23.3 Å². The van der Waals surface area contributed by atoms with Crippen LogP contribution in [0.5, 0.6) is 0 Å². The topological polar surface area (TPSA) is 53.3 Å². The van der Waals surface area contributed by atoms with Gasteiger partial charge in [0.15, 0.2) is 0 Å². The Morgan fingerprint density at radius 2 is 2.35 bits per heavy atom. The first-order valence-corrected chi connectivity index (χ1v) is 7.07. The zero-order valence-corrected chi connectivity index (χ0v) is 12.2. The highest BCUT2D eigenvalue weighted by molar-refractivity contribution is 6.32. The smallest absolute Gasteiger partial charge is 0.307 e. The van der Waals surface area contributed by atoms with E-state index in [0.29, 0.717) is 17.0 Å². The number of ether oxygens (including phenoxy) is 1. The summed E-state index contributed by atoms with van der Waals surface area (Å²) in [5.41, 5.74) is 1.29. The first-order valence-electron chi connectivity index (χ1n) is 6.69. The van der Waals surface area contributed by atoms with Gasteiger partial charge in [-0.25, -0.2) is 0 Å². The van der Waals surface area contributed by atoms with Crippen molar-refractivity contribution in [2.45, 2.75) is 31.7 Å². The van der Waals surface area contributed by atoms with Crippen molar-refractivity contribution in [2.24, 2.45) is 0 Å². The molecule has 4 nitrogen and oxygen atoms in total. The number of halogens is 1. The Hall–Kier alpha value is -1.73. The monoisotopic (exact) mass is 292 g/mol. The Kier molecular flexibility index (Phi) is 4.86. The zero-order chi connectivity index (χ0) is 14.5. The number of carbonyl (C=O) groups is 1. The van der Waals surface area contributed by atoms with Crippen LogP contribution < -0.4 is 4.90 Å². The number of carbonyl (C=O) groups excluding carboxylic acids is 1. The molecule has 0 spiro atoms. The Morgan fingerprint density at radius 1 is 1.55 bits per heavy atom. The number of esters is 1. The van der Waals surface area contributed by atoms with Gasteiger partial charge in [0.05, 0.1) is 29.8 Å². The fourth-order valence-electron chi connectivity index (χ4n) is 2.67. The molecule has 0 bridgehead atoms. The SMILES string of the molecule is COC(=O)CC1CCCCN1c1cccc(Cl)c1C#N. The summed E-state index contributed by atoms with van der Waals surface area (Å²) in [6.45, 7) is 0.830. The summed E-state index contributed by atoms with van der Waals surface area (Å²) in [6, 6.07) is 7.67. The molecule has 106 valence electrons. The van der Waals surface area contributed by atoms with E-state index in [-0.39, 0.29) is 12.0 Å². The van der Waals surface area contributed by atoms with E-state index in [2.05, 4.69) is 11.0 Å². The van der Waals surface area contributed by atoms with Crippen LogP contribution in [0.4, 0.5) is 5.69 Å². The van der Waals surface area contributed by atoms with E-state index in [1.807, 2.05) is 12.1 Å². The Balaban J connectivity index is 2.31. The van der Waals surface area contributed by atoms with Crippen LogP contribution >= 0.6 is 11.6 Å². The van der Waals surface area contributed by atoms with Crippen molar-refractivity contribution in [1.82, 2.24) is 0 Å². The Labute approximate surface area is 123 Å². The molecule has 1 atom stereocenters. The van der Waals surface area contributed by atoms with Gasteiger partial charge in [0.2, 0.25) is 0 Å². The fourth-order valence-corrected chi connectivity index (χ4v) is 2.88. The van der Waals surface area contributed by atoms with Crippen molar-refractivity contribution in [1.29, 1.82) is 5.26 Å². The number of rotatable bonds is 3. The van der Waals surface area contributed by atoms with Gasteiger partial charge in [-0.3, -0.25) is 4.79 Å². The van der Waals surface area contributed by atoms with E-state index in [1.165, 1.54) is 7.11 Å². The molecule has 0 amide bonds. The molecular weight excluding hydrogens is 276 g/mol. The molecule has 0 aliphatic carbocycles. The first kappa shape index (κ1) is 14.7. The lowest BCUT2D eigenvalue weighted by Gasteiger charge is -2.37. The highest BCUT2D eigenvalue weighted by Gasteiger charge is 2.27. The summed E-state index contributed by atoms with van der Waals surface area (Å²) in [7, 11) is 1.40. The quantitative estimate of drug-likeness (QED) is 0.803. The normalized spacial score (nSPS) is 18.4. The van der Waals surface area contributed by atoms with Crippen molar-refractivity contribution in [3.63, 3.8) is 0 Å². The van der Waals surface area contributed by atoms with Crippen molar-refractivity contribution in [2.75, 3.05) is 18.6 Å². The molecule has 1 aromatic rings. The first-order chi connectivity index (χ1) is 9.67. The molecule has 5 heteroatoms. The van der Waals surface area contributed by atoms with E-state index in [9.17, 15) is 10.1 Å². The number of benzene rings is 1. The lowest BCUT2D eigenvalue weighted by atomic mass is 9.97. The summed E-state index contributed by atoms with van der Waals surface area (Å²) >= 11 is 6.09. The minimum atomic E-state index is -0.220. The van der Waals surface area contributed by atoms with Gasteiger partial charge in [0, 0.05) is 12.6 Å². The van der Waals surface area contributed by atoms with E-state index >= 15 is 0 Å². The molecule has 2 rings (SSSR count). The molecule has 1 heterocycles. The number of hydrogen-bond donors (Lipinski definition) is 0. The Bertz CT molecular complexity index is 539. The molecule has 0 aromatic heterocycles. The summed E-state index contributed by atoms with van der Waals surface area (Å²) < 4.78 is 4.76. The third-order valence-electron chi connectivity index (χ3n) is 3.67. The highest BCUT2D eigenvalue weighted by Crippen LogP contribution is 2.32. The van der Waals surface area contributed by atoms with Gasteiger partial charge >= 0.3 is 5.97 Å². The number of methoxy groups -OCH3 is 1. The number of piperidine rings is 1. The van der Waals surface area contributed by atoms with Gasteiger partial charge in [0.1, 0.15) is 6.07 Å². The van der Waals surface area contributed by atoms with Crippen molar-refractivity contribution < 1.29 is 9.53 Å². The van der Waals surface area contributed by atoms with Crippen LogP contribution in [0.1, 0.15) is 31.2 Å². The zero-order valence-electron chi connectivity index (χ0n) is 11.4. The molecule has 1 saturated heterocycles. The van der Waals surface area contributed by atoms with Crippen molar-refractivity contribution in [3.05, 3.63) is 28.8 Å². The van der Waals surface area contributed by atoms with Gasteiger partial charge in [-0.05, 0) is 31.4 Å². The highest BCUT2D eigenvalue weighted by atomic mass is 35.5.